The second kappa shape index (κ2) is 9.40. The van der Waals surface area contributed by atoms with Crippen LogP contribution in [0.25, 0.3) is 0 Å². The number of carbonyl (C=O) groups is 2. The summed E-state index contributed by atoms with van der Waals surface area (Å²) in [4.78, 5) is 23.6. The summed E-state index contributed by atoms with van der Waals surface area (Å²) >= 11 is 0. The van der Waals surface area contributed by atoms with E-state index in [-0.39, 0.29) is 23.1 Å². The quantitative estimate of drug-likeness (QED) is 0.350. The van der Waals surface area contributed by atoms with Gasteiger partial charge in [0.1, 0.15) is 0 Å². The highest BCUT2D eigenvalue weighted by molar-refractivity contribution is 6.48. The zero-order chi connectivity index (χ0) is 18.3. The van der Waals surface area contributed by atoms with Gasteiger partial charge in [0, 0.05) is 24.3 Å². The lowest BCUT2D eigenvalue weighted by Gasteiger charge is -2.30. The summed E-state index contributed by atoms with van der Waals surface area (Å²) in [5, 5.41) is 0. The molecule has 0 fully saturated rings. The maximum Gasteiger partial charge on any atom is 0.305 e. The normalized spacial score (nSPS) is 18.5. The van der Waals surface area contributed by atoms with Crippen molar-refractivity contribution in [1.29, 1.82) is 0 Å². The number of methoxy groups -OCH3 is 1. The zero-order valence-corrected chi connectivity index (χ0v) is 17.4. The summed E-state index contributed by atoms with van der Waals surface area (Å²) < 4.78 is 10.8. The largest absolute Gasteiger partial charge is 0.549 e. The Hall–Kier alpha value is -1.10. The van der Waals surface area contributed by atoms with Gasteiger partial charge in [0.25, 0.3) is 0 Å². The van der Waals surface area contributed by atoms with Crippen LogP contribution in [-0.4, -0.2) is 27.9 Å². The second-order valence-electron chi connectivity index (χ2n) is 8.05. The van der Waals surface area contributed by atoms with Gasteiger partial charge in [0.05, 0.1) is 12.9 Å². The molecule has 0 aromatic carbocycles. The van der Waals surface area contributed by atoms with Crippen molar-refractivity contribution in [3.8, 4) is 0 Å². The van der Waals surface area contributed by atoms with Gasteiger partial charge < -0.3 is 9.16 Å². The highest BCUT2D eigenvalue weighted by Gasteiger charge is 2.40. The molecule has 0 saturated carbocycles. The molecule has 1 aliphatic rings. The van der Waals surface area contributed by atoms with E-state index in [0.717, 1.165) is 43.4 Å². The van der Waals surface area contributed by atoms with Crippen LogP contribution >= 0.6 is 0 Å². The van der Waals surface area contributed by atoms with Gasteiger partial charge in [-0.3, -0.25) is 9.59 Å². The molecular weight excluding hydrogens is 320 g/mol. The minimum Gasteiger partial charge on any atom is -0.549 e. The lowest BCUT2D eigenvalue weighted by molar-refractivity contribution is -0.140. The van der Waals surface area contributed by atoms with E-state index in [2.05, 4.69) is 38.6 Å². The third-order valence-corrected chi connectivity index (χ3v) is 5.26. The predicted molar refractivity (Wildman–Crippen MR) is 99.3 cm³/mol. The number of ketones is 1. The Morgan fingerprint density at radius 3 is 2.33 bits per heavy atom. The van der Waals surface area contributed by atoms with Gasteiger partial charge in [-0.1, -0.05) is 33.6 Å². The number of esters is 1. The number of ether oxygens (including phenoxy) is 1. The average molecular weight is 355 g/mol. The van der Waals surface area contributed by atoms with Crippen molar-refractivity contribution >= 4 is 20.8 Å². The predicted octanol–water partition coefficient (Wildman–Crippen LogP) is 4.39. The van der Waals surface area contributed by atoms with Crippen molar-refractivity contribution < 1.29 is 18.8 Å². The molecule has 0 heterocycles. The highest BCUT2D eigenvalue weighted by Crippen LogP contribution is 2.43. The molecule has 0 aromatic heterocycles. The molecular formula is C19H34O4Si. The molecule has 0 amide bonds. The number of hydrogen-bond donors (Lipinski definition) is 0. The van der Waals surface area contributed by atoms with Crippen LogP contribution in [0.5, 0.6) is 0 Å². The van der Waals surface area contributed by atoms with Gasteiger partial charge in [0.15, 0.2) is 5.78 Å². The lowest BCUT2D eigenvalue weighted by Crippen LogP contribution is -2.24. The topological polar surface area (TPSA) is 52.6 Å². The third kappa shape index (κ3) is 6.42. The van der Waals surface area contributed by atoms with Crippen molar-refractivity contribution in [2.75, 3.05) is 7.11 Å². The maximum atomic E-state index is 12.5. The number of allylic oxidation sites excluding steroid dienone is 2. The van der Waals surface area contributed by atoms with E-state index in [1.165, 1.54) is 7.11 Å². The summed E-state index contributed by atoms with van der Waals surface area (Å²) in [6, 6.07) is 0. The van der Waals surface area contributed by atoms with E-state index in [4.69, 9.17) is 4.43 Å². The molecule has 24 heavy (non-hydrogen) atoms. The van der Waals surface area contributed by atoms with E-state index in [1.54, 1.807) is 0 Å². The Bertz CT molecular complexity index is 474. The number of unbranched alkanes of at least 4 members (excludes halogenated alkanes) is 3. The molecule has 138 valence electrons. The maximum absolute atomic E-state index is 12.5. The summed E-state index contributed by atoms with van der Waals surface area (Å²) in [6.07, 6.45) is 5.74. The second-order valence-corrected chi connectivity index (χ2v) is 10.4. The minimum absolute atomic E-state index is 0.0521. The molecule has 0 aliphatic heterocycles. The van der Waals surface area contributed by atoms with Crippen molar-refractivity contribution in [3.05, 3.63) is 11.3 Å². The van der Waals surface area contributed by atoms with Crippen LogP contribution < -0.4 is 0 Å². The molecule has 0 spiro atoms. The standard InChI is InChI=1S/C19H34O4Si/c1-19(2,3)15-13-16(20)14(18(15)23-24(5)6)11-9-7-8-10-12-17(21)22-4/h15,24H,7-13H2,1-6H3. The Kier molecular flexibility index (Phi) is 8.20. The number of Topliss-reactive ketones (excluding diaryl/α,β-unsaturated/α-hetero) is 1. The van der Waals surface area contributed by atoms with Gasteiger partial charge in [0.2, 0.25) is 9.04 Å². The fourth-order valence-electron chi connectivity index (χ4n) is 3.15. The molecule has 0 saturated heterocycles. The fourth-order valence-corrected chi connectivity index (χ4v) is 3.96. The monoisotopic (exact) mass is 354 g/mol. The van der Waals surface area contributed by atoms with Crippen LogP contribution in [0.1, 0.15) is 65.7 Å². The van der Waals surface area contributed by atoms with Crippen LogP contribution in [-0.2, 0) is 18.8 Å². The third-order valence-electron chi connectivity index (χ3n) is 4.53. The lowest BCUT2D eigenvalue weighted by atomic mass is 9.79. The molecule has 0 radical (unpaired) electrons. The van der Waals surface area contributed by atoms with E-state index in [9.17, 15) is 9.59 Å². The average Bonchev–Trinajstić information content (AvgIpc) is 2.78. The van der Waals surface area contributed by atoms with Gasteiger partial charge in [-0.05, 0) is 37.8 Å². The van der Waals surface area contributed by atoms with E-state index >= 15 is 0 Å². The first kappa shape index (κ1) is 20.9. The Balaban J connectivity index is 2.60. The summed E-state index contributed by atoms with van der Waals surface area (Å²) in [7, 11) is 0.194. The van der Waals surface area contributed by atoms with Crippen molar-refractivity contribution in [2.45, 2.75) is 78.8 Å². The van der Waals surface area contributed by atoms with E-state index in [0.29, 0.717) is 12.8 Å². The van der Waals surface area contributed by atoms with E-state index < -0.39 is 9.04 Å². The summed E-state index contributed by atoms with van der Waals surface area (Å²) in [5.74, 6) is 1.33. The summed E-state index contributed by atoms with van der Waals surface area (Å²) in [6.45, 7) is 10.9. The molecule has 0 bridgehead atoms. The first-order valence-electron chi connectivity index (χ1n) is 9.16. The van der Waals surface area contributed by atoms with Crippen LogP contribution in [0.15, 0.2) is 11.3 Å². The van der Waals surface area contributed by atoms with Gasteiger partial charge in [-0.2, -0.15) is 0 Å². The molecule has 0 N–H and O–H groups in total. The molecule has 1 rings (SSSR count). The van der Waals surface area contributed by atoms with Gasteiger partial charge in [-0.15, -0.1) is 0 Å². The Morgan fingerprint density at radius 1 is 1.17 bits per heavy atom. The molecule has 5 heteroatoms. The SMILES string of the molecule is COC(=O)CCCCCCC1=C(O[SiH](C)C)C(C(C)(C)C)CC1=O. The Morgan fingerprint density at radius 2 is 1.79 bits per heavy atom. The molecule has 0 aromatic rings. The van der Waals surface area contributed by atoms with Crippen LogP contribution in [0.3, 0.4) is 0 Å². The molecule has 1 unspecified atom stereocenters. The number of hydrogen-bond acceptors (Lipinski definition) is 4. The zero-order valence-electron chi connectivity index (χ0n) is 16.2. The van der Waals surface area contributed by atoms with Gasteiger partial charge in [-0.25, -0.2) is 0 Å². The summed E-state index contributed by atoms with van der Waals surface area (Å²) in [5.41, 5.74) is 0.986. The molecule has 1 atom stereocenters. The van der Waals surface area contributed by atoms with Crippen LogP contribution in [0.2, 0.25) is 13.1 Å². The van der Waals surface area contributed by atoms with Gasteiger partial charge >= 0.3 is 5.97 Å². The molecule has 1 aliphatic carbocycles. The first-order valence-corrected chi connectivity index (χ1v) is 11.9. The van der Waals surface area contributed by atoms with Crippen molar-refractivity contribution in [1.82, 2.24) is 0 Å². The van der Waals surface area contributed by atoms with Crippen LogP contribution in [0.4, 0.5) is 0 Å². The molecule has 4 nitrogen and oxygen atoms in total. The van der Waals surface area contributed by atoms with Crippen LogP contribution in [0, 0.1) is 11.3 Å². The smallest absolute Gasteiger partial charge is 0.305 e. The number of rotatable bonds is 9. The highest BCUT2D eigenvalue weighted by atomic mass is 28.3. The minimum atomic E-state index is -1.23. The Labute approximate surface area is 148 Å². The van der Waals surface area contributed by atoms with Crippen molar-refractivity contribution in [2.24, 2.45) is 11.3 Å². The number of carbonyl (C=O) groups excluding carboxylic acids is 2. The first-order chi connectivity index (χ1) is 11.2. The van der Waals surface area contributed by atoms with E-state index in [1.807, 2.05) is 0 Å². The fraction of sp³-hybridized carbons (Fsp3) is 0.789. The van der Waals surface area contributed by atoms with Crippen molar-refractivity contribution in [3.63, 3.8) is 0 Å².